The molecule has 28 heavy (non-hydrogen) atoms. The van der Waals surface area contributed by atoms with Crippen molar-refractivity contribution >= 4 is 22.6 Å². The molecule has 0 radical (unpaired) electrons. The van der Waals surface area contributed by atoms with Gasteiger partial charge in [-0.15, -0.1) is 0 Å². The van der Waals surface area contributed by atoms with Gasteiger partial charge in [0, 0.05) is 18.7 Å². The molecule has 3 rings (SSSR count). The summed E-state index contributed by atoms with van der Waals surface area (Å²) < 4.78 is 5.24. The summed E-state index contributed by atoms with van der Waals surface area (Å²) in [4.78, 5) is 24.4. The normalized spacial score (nSPS) is 11.6. The number of carbonyl (C=O) groups excluding carboxylic acids is 2. The Kier molecular flexibility index (Phi) is 6.27. The molecule has 0 heterocycles. The van der Waals surface area contributed by atoms with Crippen molar-refractivity contribution in [2.24, 2.45) is 0 Å². The van der Waals surface area contributed by atoms with Gasteiger partial charge in [-0.1, -0.05) is 42.5 Å². The van der Waals surface area contributed by atoms with Gasteiger partial charge >= 0.3 is 0 Å². The van der Waals surface area contributed by atoms with E-state index in [1.807, 2.05) is 61.5 Å². The Bertz CT molecular complexity index is 970. The molecule has 0 aliphatic carbocycles. The number of hydrogen-bond donors (Lipinski definition) is 2. The predicted molar refractivity (Wildman–Crippen MR) is 111 cm³/mol. The summed E-state index contributed by atoms with van der Waals surface area (Å²) in [7, 11) is 1.64. The molecule has 144 valence electrons. The zero-order chi connectivity index (χ0) is 19.9. The Hall–Kier alpha value is -3.34. The van der Waals surface area contributed by atoms with Crippen LogP contribution in [0.5, 0.6) is 5.75 Å². The molecule has 0 bridgehead atoms. The van der Waals surface area contributed by atoms with Crippen LogP contribution < -0.4 is 15.4 Å². The molecule has 0 saturated carbocycles. The van der Waals surface area contributed by atoms with Crippen LogP contribution >= 0.6 is 0 Å². The summed E-state index contributed by atoms with van der Waals surface area (Å²) in [6, 6.07) is 20.9. The standard InChI is InChI=1S/C23H24N2O3/c1-16(18-8-9-20-15-21(28-2)11-10-19(20)14-18)22(26)24-12-13-25-23(27)17-6-4-3-5-7-17/h3-11,14-16H,12-13H2,1-2H3,(H,24,26)(H,25,27)/t16-/m0/s1. The molecule has 0 unspecified atom stereocenters. The Morgan fingerprint density at radius 3 is 2.32 bits per heavy atom. The smallest absolute Gasteiger partial charge is 0.251 e. The van der Waals surface area contributed by atoms with Gasteiger partial charge in [0.15, 0.2) is 0 Å². The SMILES string of the molecule is COc1ccc2cc([C@H](C)C(=O)NCCNC(=O)c3ccccc3)ccc2c1. The first-order chi connectivity index (χ1) is 13.6. The maximum Gasteiger partial charge on any atom is 0.251 e. The molecule has 0 aliphatic heterocycles. The van der Waals surface area contributed by atoms with Crippen molar-refractivity contribution in [3.63, 3.8) is 0 Å². The Morgan fingerprint density at radius 1 is 0.893 bits per heavy atom. The summed E-state index contributed by atoms with van der Waals surface area (Å²) in [5.74, 6) is 0.314. The lowest BCUT2D eigenvalue weighted by atomic mass is 9.97. The second kappa shape index (κ2) is 9.04. The average molecular weight is 376 g/mol. The van der Waals surface area contributed by atoms with E-state index in [0.717, 1.165) is 22.1 Å². The highest BCUT2D eigenvalue weighted by Gasteiger charge is 2.15. The van der Waals surface area contributed by atoms with Crippen molar-refractivity contribution in [1.82, 2.24) is 10.6 Å². The summed E-state index contributed by atoms with van der Waals surface area (Å²) in [5, 5.41) is 7.81. The van der Waals surface area contributed by atoms with Crippen molar-refractivity contribution in [3.8, 4) is 5.75 Å². The van der Waals surface area contributed by atoms with E-state index in [1.54, 1.807) is 19.2 Å². The molecular formula is C23H24N2O3. The third-order valence-corrected chi connectivity index (χ3v) is 4.71. The highest BCUT2D eigenvalue weighted by Crippen LogP contribution is 2.25. The fourth-order valence-electron chi connectivity index (χ4n) is 3.00. The molecular weight excluding hydrogens is 352 g/mol. The lowest BCUT2D eigenvalue weighted by Crippen LogP contribution is -2.36. The van der Waals surface area contributed by atoms with Crippen LogP contribution in [-0.2, 0) is 4.79 Å². The van der Waals surface area contributed by atoms with E-state index in [2.05, 4.69) is 10.6 Å². The quantitative estimate of drug-likeness (QED) is 0.620. The van der Waals surface area contributed by atoms with E-state index in [1.165, 1.54) is 0 Å². The lowest BCUT2D eigenvalue weighted by molar-refractivity contribution is -0.122. The maximum absolute atomic E-state index is 12.5. The Morgan fingerprint density at radius 2 is 1.57 bits per heavy atom. The molecule has 5 nitrogen and oxygen atoms in total. The Balaban J connectivity index is 1.53. The van der Waals surface area contributed by atoms with Gasteiger partial charge in [0.2, 0.25) is 5.91 Å². The minimum absolute atomic E-state index is 0.0678. The number of fused-ring (bicyclic) bond motifs is 1. The van der Waals surface area contributed by atoms with Gasteiger partial charge in [-0.25, -0.2) is 0 Å². The Labute approximate surface area is 164 Å². The molecule has 2 N–H and O–H groups in total. The maximum atomic E-state index is 12.5. The molecule has 5 heteroatoms. The molecule has 3 aromatic rings. The minimum Gasteiger partial charge on any atom is -0.497 e. The number of methoxy groups -OCH3 is 1. The van der Waals surface area contributed by atoms with Crippen LogP contribution in [-0.4, -0.2) is 32.0 Å². The summed E-state index contributed by atoms with van der Waals surface area (Å²) in [6.07, 6.45) is 0. The second-order valence-corrected chi connectivity index (χ2v) is 6.61. The van der Waals surface area contributed by atoms with Gasteiger partial charge in [0.05, 0.1) is 13.0 Å². The number of hydrogen-bond acceptors (Lipinski definition) is 3. The van der Waals surface area contributed by atoms with E-state index in [9.17, 15) is 9.59 Å². The molecule has 0 spiro atoms. The number of rotatable bonds is 7. The topological polar surface area (TPSA) is 67.4 Å². The van der Waals surface area contributed by atoms with Crippen LogP contribution in [0.1, 0.15) is 28.8 Å². The van der Waals surface area contributed by atoms with E-state index >= 15 is 0 Å². The molecule has 0 fully saturated rings. The molecule has 2 amide bonds. The third-order valence-electron chi connectivity index (χ3n) is 4.71. The number of benzene rings is 3. The number of carbonyl (C=O) groups is 2. The lowest BCUT2D eigenvalue weighted by Gasteiger charge is -2.14. The van der Waals surface area contributed by atoms with Gasteiger partial charge in [-0.05, 0) is 47.5 Å². The fraction of sp³-hybridized carbons (Fsp3) is 0.217. The zero-order valence-corrected chi connectivity index (χ0v) is 16.1. The van der Waals surface area contributed by atoms with E-state index in [-0.39, 0.29) is 17.7 Å². The van der Waals surface area contributed by atoms with Crippen LogP contribution in [0.25, 0.3) is 10.8 Å². The van der Waals surface area contributed by atoms with Gasteiger partial charge in [0.1, 0.15) is 5.75 Å². The first-order valence-corrected chi connectivity index (χ1v) is 9.27. The highest BCUT2D eigenvalue weighted by molar-refractivity contribution is 5.94. The summed E-state index contributed by atoms with van der Waals surface area (Å²) in [5.41, 5.74) is 1.55. The van der Waals surface area contributed by atoms with Crippen molar-refractivity contribution in [2.75, 3.05) is 20.2 Å². The average Bonchev–Trinajstić information content (AvgIpc) is 2.75. The molecule has 0 aliphatic rings. The molecule has 1 atom stereocenters. The number of amides is 2. The largest absolute Gasteiger partial charge is 0.497 e. The number of nitrogens with one attached hydrogen (secondary N) is 2. The summed E-state index contributed by atoms with van der Waals surface area (Å²) >= 11 is 0. The van der Waals surface area contributed by atoms with Crippen molar-refractivity contribution in [2.45, 2.75) is 12.8 Å². The van der Waals surface area contributed by atoms with Crippen molar-refractivity contribution in [1.29, 1.82) is 0 Å². The zero-order valence-electron chi connectivity index (χ0n) is 16.1. The van der Waals surface area contributed by atoms with Crippen LogP contribution in [0, 0.1) is 0 Å². The van der Waals surface area contributed by atoms with Crippen LogP contribution in [0.15, 0.2) is 66.7 Å². The van der Waals surface area contributed by atoms with Crippen molar-refractivity contribution < 1.29 is 14.3 Å². The van der Waals surface area contributed by atoms with Gasteiger partial charge in [-0.2, -0.15) is 0 Å². The fourth-order valence-corrected chi connectivity index (χ4v) is 3.00. The van der Waals surface area contributed by atoms with E-state index in [4.69, 9.17) is 4.74 Å². The second-order valence-electron chi connectivity index (χ2n) is 6.61. The summed E-state index contributed by atoms with van der Waals surface area (Å²) in [6.45, 7) is 2.64. The van der Waals surface area contributed by atoms with Gasteiger partial charge in [0.25, 0.3) is 5.91 Å². The monoisotopic (exact) mass is 376 g/mol. The molecule has 0 saturated heterocycles. The van der Waals surface area contributed by atoms with Crippen molar-refractivity contribution in [3.05, 3.63) is 77.9 Å². The number of ether oxygens (including phenoxy) is 1. The van der Waals surface area contributed by atoms with Crippen LogP contribution in [0.3, 0.4) is 0 Å². The first-order valence-electron chi connectivity index (χ1n) is 9.27. The third kappa shape index (κ3) is 4.68. The van der Waals surface area contributed by atoms with Crippen LogP contribution in [0.4, 0.5) is 0 Å². The predicted octanol–water partition coefficient (Wildman–Crippen LogP) is 3.50. The van der Waals surface area contributed by atoms with Crippen LogP contribution in [0.2, 0.25) is 0 Å². The molecule has 3 aromatic carbocycles. The van der Waals surface area contributed by atoms with Gasteiger partial charge < -0.3 is 15.4 Å². The van der Waals surface area contributed by atoms with Gasteiger partial charge in [-0.3, -0.25) is 9.59 Å². The minimum atomic E-state index is -0.281. The van der Waals surface area contributed by atoms with E-state index in [0.29, 0.717) is 18.7 Å². The molecule has 0 aromatic heterocycles. The van der Waals surface area contributed by atoms with E-state index < -0.39 is 0 Å². The first kappa shape index (κ1) is 19.4. The highest BCUT2D eigenvalue weighted by atomic mass is 16.5.